The highest BCUT2D eigenvalue weighted by atomic mass is 19.2. The first-order valence-corrected chi connectivity index (χ1v) is 7.73. The van der Waals surface area contributed by atoms with Crippen LogP contribution in [0.3, 0.4) is 0 Å². The summed E-state index contributed by atoms with van der Waals surface area (Å²) in [7, 11) is 0. The predicted molar refractivity (Wildman–Crippen MR) is 77.9 cm³/mol. The summed E-state index contributed by atoms with van der Waals surface area (Å²) in [5.74, 6) is -2.04. The molecule has 4 nitrogen and oxygen atoms in total. The molecule has 1 aromatic rings. The van der Waals surface area contributed by atoms with Crippen LogP contribution in [-0.2, 0) is 4.74 Å². The molecule has 0 aliphatic carbocycles. The summed E-state index contributed by atoms with van der Waals surface area (Å²) in [4.78, 5) is 14.1. The van der Waals surface area contributed by atoms with Crippen LogP contribution in [0.25, 0.3) is 0 Å². The van der Waals surface area contributed by atoms with Crippen molar-refractivity contribution in [1.29, 1.82) is 0 Å². The van der Waals surface area contributed by atoms with Gasteiger partial charge < -0.3 is 15.0 Å². The van der Waals surface area contributed by atoms with Crippen molar-refractivity contribution in [1.82, 2.24) is 10.2 Å². The van der Waals surface area contributed by atoms with E-state index in [1.54, 1.807) is 4.90 Å². The summed E-state index contributed by atoms with van der Waals surface area (Å²) >= 11 is 0. The van der Waals surface area contributed by atoms with Crippen LogP contribution in [-0.4, -0.2) is 50.2 Å². The second-order valence-electron chi connectivity index (χ2n) is 5.79. The third-order valence-electron chi connectivity index (χ3n) is 4.38. The number of morpholine rings is 1. The highest BCUT2D eigenvalue weighted by Gasteiger charge is 2.25. The molecule has 0 radical (unpaired) electrons. The van der Waals surface area contributed by atoms with E-state index in [0.29, 0.717) is 31.9 Å². The fraction of sp³-hybridized carbons (Fsp3) is 0.562. The van der Waals surface area contributed by atoms with Crippen molar-refractivity contribution in [2.24, 2.45) is 0 Å². The van der Waals surface area contributed by atoms with Crippen molar-refractivity contribution in [3.8, 4) is 0 Å². The molecule has 0 atom stereocenters. The molecule has 0 spiro atoms. The fourth-order valence-corrected chi connectivity index (χ4v) is 3.11. The Bertz CT molecular complexity index is 553. The van der Waals surface area contributed by atoms with E-state index in [1.807, 2.05) is 0 Å². The van der Waals surface area contributed by atoms with Crippen LogP contribution in [0.4, 0.5) is 8.78 Å². The molecular formula is C16H20F2N2O2. The molecule has 120 valence electrons. The number of hydrogen-bond donors (Lipinski definition) is 1. The lowest BCUT2D eigenvalue weighted by molar-refractivity contribution is 0.0302. The normalized spacial score (nSPS) is 20.2. The van der Waals surface area contributed by atoms with Gasteiger partial charge in [0.25, 0.3) is 5.91 Å². The van der Waals surface area contributed by atoms with E-state index in [2.05, 4.69) is 5.32 Å². The first kappa shape index (κ1) is 15.4. The first-order valence-electron chi connectivity index (χ1n) is 7.73. The predicted octanol–water partition coefficient (Wildman–Crippen LogP) is 1.90. The molecule has 0 bridgehead atoms. The van der Waals surface area contributed by atoms with Gasteiger partial charge in [-0.2, -0.15) is 0 Å². The average Bonchev–Trinajstić information content (AvgIpc) is 2.58. The van der Waals surface area contributed by atoms with Crippen molar-refractivity contribution in [3.05, 3.63) is 34.9 Å². The maximum absolute atomic E-state index is 14.1. The van der Waals surface area contributed by atoms with Gasteiger partial charge in [0, 0.05) is 18.7 Å². The summed E-state index contributed by atoms with van der Waals surface area (Å²) < 4.78 is 33.3. The molecule has 2 fully saturated rings. The highest BCUT2D eigenvalue weighted by molar-refractivity contribution is 5.94. The van der Waals surface area contributed by atoms with Gasteiger partial charge in [0.1, 0.15) is 0 Å². The lowest BCUT2D eigenvalue weighted by Crippen LogP contribution is -2.40. The molecule has 22 heavy (non-hydrogen) atoms. The van der Waals surface area contributed by atoms with Crippen LogP contribution in [0.1, 0.15) is 34.7 Å². The average molecular weight is 310 g/mol. The second-order valence-corrected chi connectivity index (χ2v) is 5.79. The quantitative estimate of drug-likeness (QED) is 0.907. The molecule has 6 heteroatoms. The zero-order valence-corrected chi connectivity index (χ0v) is 12.4. The van der Waals surface area contributed by atoms with Gasteiger partial charge in [-0.05, 0) is 49.5 Å². The number of ether oxygens (including phenoxy) is 1. The van der Waals surface area contributed by atoms with Crippen molar-refractivity contribution < 1.29 is 18.3 Å². The van der Waals surface area contributed by atoms with Gasteiger partial charge in [-0.3, -0.25) is 4.79 Å². The molecule has 1 N–H and O–H groups in total. The van der Waals surface area contributed by atoms with E-state index in [4.69, 9.17) is 4.74 Å². The Labute approximate surface area is 128 Å². The van der Waals surface area contributed by atoms with E-state index in [1.165, 1.54) is 6.07 Å². The monoisotopic (exact) mass is 310 g/mol. The topological polar surface area (TPSA) is 41.6 Å². The molecule has 0 unspecified atom stereocenters. The number of hydrogen-bond acceptors (Lipinski definition) is 3. The molecule has 0 aromatic heterocycles. The Morgan fingerprint density at radius 2 is 1.86 bits per heavy atom. The number of nitrogens with zero attached hydrogens (tertiary/aromatic N) is 1. The molecule has 2 saturated heterocycles. The minimum Gasteiger partial charge on any atom is -0.378 e. The summed E-state index contributed by atoms with van der Waals surface area (Å²) in [6.07, 6.45) is 1.51. The van der Waals surface area contributed by atoms with Gasteiger partial charge in [0.05, 0.1) is 13.2 Å². The van der Waals surface area contributed by atoms with E-state index in [-0.39, 0.29) is 17.4 Å². The summed E-state index contributed by atoms with van der Waals surface area (Å²) in [5.41, 5.74) is 0.562. The molecule has 0 saturated carbocycles. The Hall–Kier alpha value is -1.53. The van der Waals surface area contributed by atoms with Crippen LogP contribution in [0, 0.1) is 11.6 Å². The molecule has 1 aromatic carbocycles. The number of piperidine rings is 1. The zero-order valence-electron chi connectivity index (χ0n) is 12.4. The SMILES string of the molecule is O=C(c1cc(F)c(F)c(C2CCNCC2)c1)N1CCOCC1. The van der Waals surface area contributed by atoms with Gasteiger partial charge in [-0.15, -0.1) is 0 Å². The maximum Gasteiger partial charge on any atom is 0.254 e. The smallest absolute Gasteiger partial charge is 0.254 e. The Kier molecular flexibility index (Phi) is 4.69. The zero-order chi connectivity index (χ0) is 15.5. The molecule has 3 rings (SSSR count). The molecule has 2 heterocycles. The highest BCUT2D eigenvalue weighted by Crippen LogP contribution is 2.30. The Morgan fingerprint density at radius 1 is 1.18 bits per heavy atom. The van der Waals surface area contributed by atoms with Gasteiger partial charge in [-0.25, -0.2) is 8.78 Å². The third kappa shape index (κ3) is 3.13. The van der Waals surface area contributed by atoms with Crippen LogP contribution >= 0.6 is 0 Å². The molecule has 2 aliphatic rings. The standard InChI is InChI=1S/C16H20F2N2O2/c17-14-10-12(16(21)20-5-7-22-8-6-20)9-13(15(14)18)11-1-3-19-4-2-11/h9-11,19H,1-8H2. The van der Waals surface area contributed by atoms with E-state index in [9.17, 15) is 13.6 Å². The summed E-state index contributed by atoms with van der Waals surface area (Å²) in [6, 6.07) is 2.55. The van der Waals surface area contributed by atoms with Crippen LogP contribution in [0.15, 0.2) is 12.1 Å². The number of rotatable bonds is 2. The van der Waals surface area contributed by atoms with Crippen LogP contribution in [0.2, 0.25) is 0 Å². The lowest BCUT2D eigenvalue weighted by Gasteiger charge is -2.28. The minimum atomic E-state index is -0.937. The van der Waals surface area contributed by atoms with E-state index < -0.39 is 11.6 Å². The van der Waals surface area contributed by atoms with Gasteiger partial charge in [0.2, 0.25) is 0 Å². The number of amides is 1. The van der Waals surface area contributed by atoms with Gasteiger partial charge >= 0.3 is 0 Å². The van der Waals surface area contributed by atoms with Gasteiger partial charge in [0.15, 0.2) is 11.6 Å². The summed E-state index contributed by atoms with van der Waals surface area (Å²) in [5, 5.41) is 3.20. The van der Waals surface area contributed by atoms with Crippen LogP contribution < -0.4 is 5.32 Å². The number of carbonyl (C=O) groups excluding carboxylic acids is 1. The van der Waals surface area contributed by atoms with Crippen molar-refractivity contribution in [3.63, 3.8) is 0 Å². The molecule has 1 amide bonds. The first-order chi connectivity index (χ1) is 10.7. The van der Waals surface area contributed by atoms with Crippen molar-refractivity contribution >= 4 is 5.91 Å². The molecular weight excluding hydrogens is 290 g/mol. The van der Waals surface area contributed by atoms with Crippen molar-refractivity contribution in [2.75, 3.05) is 39.4 Å². The Morgan fingerprint density at radius 3 is 2.55 bits per heavy atom. The lowest BCUT2D eigenvalue weighted by atomic mass is 9.88. The maximum atomic E-state index is 14.1. The van der Waals surface area contributed by atoms with Crippen molar-refractivity contribution in [2.45, 2.75) is 18.8 Å². The molecule has 2 aliphatic heterocycles. The minimum absolute atomic E-state index is 0.0341. The fourth-order valence-electron chi connectivity index (χ4n) is 3.11. The third-order valence-corrected chi connectivity index (χ3v) is 4.38. The number of halogens is 2. The second kappa shape index (κ2) is 6.71. The largest absolute Gasteiger partial charge is 0.378 e. The van der Waals surface area contributed by atoms with Crippen LogP contribution in [0.5, 0.6) is 0 Å². The number of carbonyl (C=O) groups is 1. The number of nitrogens with one attached hydrogen (secondary N) is 1. The number of benzene rings is 1. The summed E-state index contributed by atoms with van der Waals surface area (Å²) in [6.45, 7) is 3.51. The van der Waals surface area contributed by atoms with E-state index in [0.717, 1.165) is 32.0 Å². The van der Waals surface area contributed by atoms with E-state index >= 15 is 0 Å². The van der Waals surface area contributed by atoms with Gasteiger partial charge in [-0.1, -0.05) is 0 Å². The Balaban J connectivity index is 1.88.